The summed E-state index contributed by atoms with van der Waals surface area (Å²) in [5.41, 5.74) is 7.62. The van der Waals surface area contributed by atoms with Crippen LogP contribution < -0.4 is 15.8 Å². The molecule has 0 bridgehead atoms. The number of benzene rings is 1. The van der Waals surface area contributed by atoms with E-state index in [0.717, 1.165) is 17.0 Å². The molecule has 0 aromatic heterocycles. The Morgan fingerprint density at radius 1 is 1.56 bits per heavy atom. The molecule has 0 aliphatic carbocycles. The van der Waals surface area contributed by atoms with Crippen LogP contribution in [-0.2, 0) is 4.79 Å². The molecular weight excluding hydrogens is 204 g/mol. The summed E-state index contributed by atoms with van der Waals surface area (Å²) in [6.07, 6.45) is 0.457. The van der Waals surface area contributed by atoms with E-state index in [1.807, 2.05) is 25.1 Å². The maximum atomic E-state index is 11.4. The first kappa shape index (κ1) is 11.0. The molecule has 2 rings (SSSR count). The van der Waals surface area contributed by atoms with E-state index in [1.165, 1.54) is 0 Å². The summed E-state index contributed by atoms with van der Waals surface area (Å²) in [7, 11) is 0. The van der Waals surface area contributed by atoms with Gasteiger partial charge < -0.3 is 15.8 Å². The fraction of sp³-hybridized carbons (Fsp3) is 0.417. The van der Waals surface area contributed by atoms with Gasteiger partial charge in [-0.05, 0) is 37.2 Å². The van der Waals surface area contributed by atoms with Crippen molar-refractivity contribution in [1.82, 2.24) is 0 Å². The summed E-state index contributed by atoms with van der Waals surface area (Å²) < 4.78 is 5.44. The van der Waals surface area contributed by atoms with Crippen LogP contribution in [0.15, 0.2) is 18.2 Å². The Labute approximate surface area is 94.8 Å². The minimum absolute atomic E-state index is 0.0344. The van der Waals surface area contributed by atoms with Gasteiger partial charge in [-0.3, -0.25) is 4.79 Å². The Balaban J connectivity index is 2.35. The molecule has 1 unspecified atom stereocenters. The van der Waals surface area contributed by atoms with Gasteiger partial charge in [-0.1, -0.05) is 0 Å². The maximum absolute atomic E-state index is 11.4. The summed E-state index contributed by atoms with van der Waals surface area (Å²) in [6.45, 7) is 3.07. The largest absolute Gasteiger partial charge is 0.494 e. The van der Waals surface area contributed by atoms with Crippen LogP contribution >= 0.6 is 0 Å². The number of nitrogens with two attached hydrogens (primary N) is 1. The van der Waals surface area contributed by atoms with Crippen molar-refractivity contribution in [2.75, 3.05) is 18.5 Å². The van der Waals surface area contributed by atoms with Gasteiger partial charge in [-0.25, -0.2) is 0 Å². The zero-order valence-electron chi connectivity index (χ0n) is 9.32. The molecule has 1 aromatic rings. The number of amides is 1. The number of anilines is 1. The summed E-state index contributed by atoms with van der Waals surface area (Å²) in [5.74, 6) is 0.965. The van der Waals surface area contributed by atoms with Crippen molar-refractivity contribution in [3.8, 4) is 5.75 Å². The molecule has 0 saturated carbocycles. The topological polar surface area (TPSA) is 64.3 Å². The maximum Gasteiger partial charge on any atom is 0.225 e. The second-order valence-electron chi connectivity index (χ2n) is 3.87. The van der Waals surface area contributed by atoms with Crippen LogP contribution in [0.2, 0.25) is 0 Å². The second-order valence-corrected chi connectivity index (χ2v) is 3.87. The van der Waals surface area contributed by atoms with E-state index in [2.05, 4.69) is 5.32 Å². The summed E-state index contributed by atoms with van der Waals surface area (Å²) >= 11 is 0. The van der Waals surface area contributed by atoms with Crippen molar-refractivity contribution >= 4 is 11.6 Å². The van der Waals surface area contributed by atoms with Crippen LogP contribution in [-0.4, -0.2) is 19.1 Å². The number of carbonyl (C=O) groups is 1. The van der Waals surface area contributed by atoms with Crippen molar-refractivity contribution in [2.24, 2.45) is 5.73 Å². The Bertz CT molecular complexity index is 404. The minimum Gasteiger partial charge on any atom is -0.494 e. The highest BCUT2D eigenvalue weighted by Crippen LogP contribution is 2.34. The lowest BCUT2D eigenvalue weighted by Gasteiger charge is -2.25. The molecule has 16 heavy (non-hydrogen) atoms. The number of ether oxygens (including phenoxy) is 1. The van der Waals surface area contributed by atoms with Gasteiger partial charge >= 0.3 is 0 Å². The highest BCUT2D eigenvalue weighted by molar-refractivity contribution is 5.94. The van der Waals surface area contributed by atoms with Gasteiger partial charge in [0.2, 0.25) is 5.91 Å². The first-order valence-electron chi connectivity index (χ1n) is 5.51. The molecule has 86 valence electrons. The third-order valence-electron chi connectivity index (χ3n) is 2.76. The summed E-state index contributed by atoms with van der Waals surface area (Å²) in [5, 5.41) is 2.84. The van der Waals surface area contributed by atoms with E-state index >= 15 is 0 Å². The average Bonchev–Trinajstić information content (AvgIpc) is 2.29. The van der Waals surface area contributed by atoms with E-state index in [0.29, 0.717) is 19.6 Å². The zero-order chi connectivity index (χ0) is 11.5. The third kappa shape index (κ3) is 2.02. The van der Waals surface area contributed by atoms with E-state index in [-0.39, 0.29) is 11.8 Å². The number of fused-ring (bicyclic) bond motifs is 1. The molecular formula is C12H16N2O2. The lowest BCUT2D eigenvalue weighted by atomic mass is 9.90. The molecule has 0 fully saturated rings. The summed E-state index contributed by atoms with van der Waals surface area (Å²) in [4.78, 5) is 11.4. The van der Waals surface area contributed by atoms with E-state index in [4.69, 9.17) is 10.5 Å². The number of hydrogen-bond donors (Lipinski definition) is 2. The van der Waals surface area contributed by atoms with Crippen molar-refractivity contribution in [2.45, 2.75) is 19.3 Å². The third-order valence-corrected chi connectivity index (χ3v) is 2.76. The molecule has 0 spiro atoms. The molecule has 4 nitrogen and oxygen atoms in total. The van der Waals surface area contributed by atoms with E-state index in [9.17, 15) is 4.79 Å². The van der Waals surface area contributed by atoms with E-state index < -0.39 is 0 Å². The molecule has 1 aliphatic rings. The molecule has 1 heterocycles. The SMILES string of the molecule is CCOc1ccc2c(c1)C(CN)CC(=O)N2. The Morgan fingerprint density at radius 3 is 3.06 bits per heavy atom. The molecule has 4 heteroatoms. The van der Waals surface area contributed by atoms with Crippen LogP contribution in [0.4, 0.5) is 5.69 Å². The Hall–Kier alpha value is -1.55. The van der Waals surface area contributed by atoms with Crippen molar-refractivity contribution in [3.05, 3.63) is 23.8 Å². The smallest absolute Gasteiger partial charge is 0.225 e. The zero-order valence-corrected chi connectivity index (χ0v) is 9.32. The normalized spacial score (nSPS) is 18.9. The van der Waals surface area contributed by atoms with Gasteiger partial charge in [0.25, 0.3) is 0 Å². The Kier molecular flexibility index (Phi) is 3.10. The average molecular weight is 220 g/mol. The first-order valence-corrected chi connectivity index (χ1v) is 5.51. The predicted molar refractivity (Wildman–Crippen MR) is 62.7 cm³/mol. The quantitative estimate of drug-likeness (QED) is 0.810. The lowest BCUT2D eigenvalue weighted by molar-refractivity contribution is -0.116. The van der Waals surface area contributed by atoms with E-state index in [1.54, 1.807) is 0 Å². The standard InChI is InChI=1S/C12H16N2O2/c1-2-16-9-3-4-11-10(6-9)8(7-13)5-12(15)14-11/h3-4,6,8H,2,5,7,13H2,1H3,(H,14,15). The van der Waals surface area contributed by atoms with Gasteiger partial charge in [0.1, 0.15) is 5.75 Å². The molecule has 1 amide bonds. The molecule has 1 aromatic carbocycles. The fourth-order valence-corrected chi connectivity index (χ4v) is 1.99. The molecule has 1 aliphatic heterocycles. The van der Waals surface area contributed by atoms with Crippen LogP contribution in [0, 0.1) is 0 Å². The number of carbonyl (C=O) groups excluding carboxylic acids is 1. The highest BCUT2D eigenvalue weighted by Gasteiger charge is 2.24. The highest BCUT2D eigenvalue weighted by atomic mass is 16.5. The number of nitrogens with one attached hydrogen (secondary N) is 1. The fourth-order valence-electron chi connectivity index (χ4n) is 1.99. The minimum atomic E-state index is 0.0344. The second kappa shape index (κ2) is 4.53. The molecule has 0 saturated heterocycles. The predicted octanol–water partition coefficient (Wildman–Crippen LogP) is 1.47. The van der Waals surface area contributed by atoms with Gasteiger partial charge in [-0.15, -0.1) is 0 Å². The van der Waals surface area contributed by atoms with Gasteiger partial charge in [0.15, 0.2) is 0 Å². The molecule has 1 atom stereocenters. The van der Waals surface area contributed by atoms with Crippen molar-refractivity contribution in [1.29, 1.82) is 0 Å². The van der Waals surface area contributed by atoms with Crippen LogP contribution in [0.25, 0.3) is 0 Å². The molecule has 0 radical (unpaired) electrons. The van der Waals surface area contributed by atoms with Crippen LogP contribution in [0.1, 0.15) is 24.8 Å². The van der Waals surface area contributed by atoms with Crippen molar-refractivity contribution < 1.29 is 9.53 Å². The van der Waals surface area contributed by atoms with Crippen molar-refractivity contribution in [3.63, 3.8) is 0 Å². The number of hydrogen-bond acceptors (Lipinski definition) is 3. The lowest BCUT2D eigenvalue weighted by Crippen LogP contribution is -2.27. The first-order chi connectivity index (χ1) is 7.74. The monoisotopic (exact) mass is 220 g/mol. The van der Waals surface area contributed by atoms with Gasteiger partial charge in [0, 0.05) is 18.0 Å². The van der Waals surface area contributed by atoms with Gasteiger partial charge in [0.05, 0.1) is 6.61 Å². The Morgan fingerprint density at radius 2 is 2.38 bits per heavy atom. The van der Waals surface area contributed by atoms with Crippen LogP contribution in [0.5, 0.6) is 5.75 Å². The molecule has 3 N–H and O–H groups in total. The number of rotatable bonds is 3. The summed E-state index contributed by atoms with van der Waals surface area (Å²) in [6, 6.07) is 5.71. The van der Waals surface area contributed by atoms with Crippen LogP contribution in [0.3, 0.4) is 0 Å². The van der Waals surface area contributed by atoms with Gasteiger partial charge in [-0.2, -0.15) is 0 Å².